The third-order valence-corrected chi connectivity index (χ3v) is 5.20. The Balaban J connectivity index is 1.30. The highest BCUT2D eigenvalue weighted by atomic mass is 32.1. The molecule has 0 saturated carbocycles. The van der Waals surface area contributed by atoms with Crippen LogP contribution in [0.1, 0.15) is 21.6 Å². The van der Waals surface area contributed by atoms with Gasteiger partial charge in [-0.1, -0.05) is 12.1 Å². The number of hydrogen-bond acceptors (Lipinski definition) is 7. The van der Waals surface area contributed by atoms with E-state index in [9.17, 15) is 4.79 Å². The molecule has 3 aromatic rings. The molecule has 150 valence electrons. The molecule has 4 rings (SSSR count). The molecule has 0 spiro atoms. The molecule has 0 aliphatic carbocycles. The van der Waals surface area contributed by atoms with E-state index in [4.69, 9.17) is 9.47 Å². The minimum atomic E-state index is -0.152. The molecule has 7 nitrogen and oxygen atoms in total. The van der Waals surface area contributed by atoms with Crippen LogP contribution in [0.4, 0.5) is 5.82 Å². The third kappa shape index (κ3) is 5.30. The van der Waals surface area contributed by atoms with Crippen molar-refractivity contribution in [1.82, 2.24) is 15.3 Å². The number of anilines is 1. The molecule has 29 heavy (non-hydrogen) atoms. The zero-order valence-corrected chi connectivity index (χ0v) is 16.7. The van der Waals surface area contributed by atoms with E-state index in [1.54, 1.807) is 23.8 Å². The van der Waals surface area contributed by atoms with Crippen molar-refractivity contribution in [1.29, 1.82) is 0 Å². The van der Waals surface area contributed by atoms with Gasteiger partial charge in [0.25, 0.3) is 5.91 Å². The second kappa shape index (κ2) is 9.49. The number of aromatic nitrogens is 2. The highest BCUT2D eigenvalue weighted by molar-refractivity contribution is 7.07. The molecule has 1 fully saturated rings. The number of carbonyl (C=O) groups is 1. The number of nitrogens with zero attached hydrogens (tertiary/aromatic N) is 3. The number of ether oxygens (including phenoxy) is 2. The predicted octanol–water partition coefficient (Wildman–Crippen LogP) is 2.88. The summed E-state index contributed by atoms with van der Waals surface area (Å²) >= 11 is 1.53. The van der Waals surface area contributed by atoms with Crippen LogP contribution >= 0.6 is 11.3 Å². The first-order chi connectivity index (χ1) is 14.3. The monoisotopic (exact) mass is 410 g/mol. The molecule has 1 aliphatic rings. The summed E-state index contributed by atoms with van der Waals surface area (Å²) in [5.41, 5.74) is 4.15. The smallest absolute Gasteiger partial charge is 0.251 e. The van der Waals surface area contributed by atoms with Crippen molar-refractivity contribution in [2.45, 2.75) is 13.2 Å². The highest BCUT2D eigenvalue weighted by Crippen LogP contribution is 2.16. The first-order valence-corrected chi connectivity index (χ1v) is 10.4. The van der Waals surface area contributed by atoms with E-state index >= 15 is 0 Å². The fourth-order valence-electron chi connectivity index (χ4n) is 2.98. The Morgan fingerprint density at radius 1 is 1.21 bits per heavy atom. The Morgan fingerprint density at radius 2 is 2.10 bits per heavy atom. The van der Waals surface area contributed by atoms with Crippen molar-refractivity contribution in [3.8, 4) is 5.75 Å². The van der Waals surface area contributed by atoms with Crippen molar-refractivity contribution in [3.63, 3.8) is 0 Å². The van der Waals surface area contributed by atoms with Crippen LogP contribution in [0.5, 0.6) is 5.75 Å². The van der Waals surface area contributed by atoms with E-state index in [0.717, 1.165) is 43.4 Å². The quantitative estimate of drug-likeness (QED) is 0.646. The molecule has 0 bridgehead atoms. The topological polar surface area (TPSA) is 76.6 Å². The van der Waals surface area contributed by atoms with Gasteiger partial charge in [0, 0.05) is 36.8 Å². The Bertz CT molecular complexity index is 925. The first kappa shape index (κ1) is 19.4. The maximum absolute atomic E-state index is 12.5. The maximum Gasteiger partial charge on any atom is 0.251 e. The Kier molecular flexibility index (Phi) is 6.33. The molecule has 8 heteroatoms. The summed E-state index contributed by atoms with van der Waals surface area (Å²) in [4.78, 5) is 23.4. The lowest BCUT2D eigenvalue weighted by atomic mass is 10.2. The number of morpholine rings is 1. The van der Waals surface area contributed by atoms with Gasteiger partial charge in [-0.25, -0.2) is 9.97 Å². The van der Waals surface area contributed by atoms with Crippen LogP contribution in [0.25, 0.3) is 0 Å². The van der Waals surface area contributed by atoms with Crippen LogP contribution in [-0.2, 0) is 17.9 Å². The van der Waals surface area contributed by atoms with E-state index in [-0.39, 0.29) is 5.91 Å². The molecule has 1 N–H and O–H groups in total. The lowest BCUT2D eigenvalue weighted by Crippen LogP contribution is -2.36. The standard InChI is InChI=1S/C21H22N4O3S/c26-21(17-2-1-3-19(10-17)28-13-18-14-29-15-24-18)23-12-16-4-5-20(22-11-16)25-6-8-27-9-7-25/h1-5,10-11,14-15H,6-9,12-13H2,(H,23,26). The molecule has 0 radical (unpaired) electrons. The van der Waals surface area contributed by atoms with Gasteiger partial charge in [0.1, 0.15) is 18.2 Å². The van der Waals surface area contributed by atoms with Crippen LogP contribution in [0, 0.1) is 0 Å². The van der Waals surface area contributed by atoms with Crippen molar-refractivity contribution in [2.24, 2.45) is 0 Å². The van der Waals surface area contributed by atoms with Gasteiger partial charge in [-0.3, -0.25) is 4.79 Å². The molecular weight excluding hydrogens is 388 g/mol. The van der Waals surface area contributed by atoms with Crippen molar-refractivity contribution in [2.75, 3.05) is 31.2 Å². The largest absolute Gasteiger partial charge is 0.487 e. The molecular formula is C21H22N4O3S. The van der Waals surface area contributed by atoms with Crippen LogP contribution in [0.2, 0.25) is 0 Å². The SMILES string of the molecule is O=C(NCc1ccc(N2CCOCC2)nc1)c1cccc(OCc2cscn2)c1. The number of thiazole rings is 1. The normalized spacial score (nSPS) is 13.9. The second-order valence-corrected chi connectivity index (χ2v) is 7.32. The Labute approximate surface area is 173 Å². The Morgan fingerprint density at radius 3 is 2.86 bits per heavy atom. The van der Waals surface area contributed by atoms with E-state index < -0.39 is 0 Å². The first-order valence-electron chi connectivity index (χ1n) is 9.44. The average molecular weight is 410 g/mol. The van der Waals surface area contributed by atoms with Crippen molar-refractivity contribution >= 4 is 23.1 Å². The van der Waals surface area contributed by atoms with Gasteiger partial charge < -0.3 is 19.7 Å². The van der Waals surface area contributed by atoms with E-state index in [2.05, 4.69) is 20.2 Å². The van der Waals surface area contributed by atoms with Gasteiger partial charge in [0.05, 0.1) is 24.4 Å². The summed E-state index contributed by atoms with van der Waals surface area (Å²) in [6.07, 6.45) is 1.80. The predicted molar refractivity (Wildman–Crippen MR) is 111 cm³/mol. The number of pyridine rings is 1. The fourth-order valence-corrected chi connectivity index (χ4v) is 3.52. The maximum atomic E-state index is 12.5. The lowest BCUT2D eigenvalue weighted by molar-refractivity contribution is 0.0950. The van der Waals surface area contributed by atoms with Crippen LogP contribution < -0.4 is 15.0 Å². The van der Waals surface area contributed by atoms with E-state index in [0.29, 0.717) is 24.5 Å². The second-order valence-electron chi connectivity index (χ2n) is 6.60. The number of rotatable bonds is 7. The van der Waals surface area contributed by atoms with Gasteiger partial charge in [0.15, 0.2) is 0 Å². The van der Waals surface area contributed by atoms with Crippen LogP contribution in [0.15, 0.2) is 53.5 Å². The van der Waals surface area contributed by atoms with E-state index in [1.165, 1.54) is 11.3 Å². The van der Waals surface area contributed by atoms with Crippen LogP contribution in [-0.4, -0.2) is 42.2 Å². The van der Waals surface area contributed by atoms with Gasteiger partial charge in [-0.15, -0.1) is 11.3 Å². The van der Waals surface area contributed by atoms with Gasteiger partial charge in [0.2, 0.25) is 0 Å². The van der Waals surface area contributed by atoms with Gasteiger partial charge in [-0.2, -0.15) is 0 Å². The summed E-state index contributed by atoms with van der Waals surface area (Å²) in [6, 6.07) is 11.1. The molecule has 0 unspecified atom stereocenters. The summed E-state index contributed by atoms with van der Waals surface area (Å²) in [6.45, 7) is 3.96. The zero-order chi connectivity index (χ0) is 19.9. The number of nitrogens with one attached hydrogen (secondary N) is 1. The number of hydrogen-bond donors (Lipinski definition) is 1. The van der Waals surface area contributed by atoms with Crippen molar-refractivity contribution in [3.05, 3.63) is 70.3 Å². The van der Waals surface area contributed by atoms with E-state index in [1.807, 2.05) is 29.6 Å². The molecule has 2 aromatic heterocycles. The van der Waals surface area contributed by atoms with Gasteiger partial charge >= 0.3 is 0 Å². The molecule has 1 aromatic carbocycles. The number of amides is 1. The highest BCUT2D eigenvalue weighted by Gasteiger charge is 2.12. The summed E-state index contributed by atoms with van der Waals surface area (Å²) in [7, 11) is 0. The molecule has 1 aliphatic heterocycles. The minimum Gasteiger partial charge on any atom is -0.487 e. The number of benzene rings is 1. The van der Waals surface area contributed by atoms with Gasteiger partial charge in [-0.05, 0) is 29.8 Å². The molecule has 1 amide bonds. The van der Waals surface area contributed by atoms with Crippen LogP contribution in [0.3, 0.4) is 0 Å². The average Bonchev–Trinajstić information content (AvgIpc) is 3.31. The van der Waals surface area contributed by atoms with Crippen molar-refractivity contribution < 1.29 is 14.3 Å². The zero-order valence-electron chi connectivity index (χ0n) is 15.9. The molecule has 0 atom stereocenters. The summed E-state index contributed by atoms with van der Waals surface area (Å²) in [5, 5.41) is 4.87. The summed E-state index contributed by atoms with van der Waals surface area (Å²) < 4.78 is 11.1. The minimum absolute atomic E-state index is 0.152. The fraction of sp³-hybridized carbons (Fsp3) is 0.286. The number of carbonyl (C=O) groups excluding carboxylic acids is 1. The summed E-state index contributed by atoms with van der Waals surface area (Å²) in [5.74, 6) is 1.43. The lowest BCUT2D eigenvalue weighted by Gasteiger charge is -2.27. The molecule has 3 heterocycles. The molecule has 1 saturated heterocycles. The Hall–Kier alpha value is -2.97. The third-order valence-electron chi connectivity index (χ3n) is 4.56.